The maximum absolute atomic E-state index is 12.3. The summed E-state index contributed by atoms with van der Waals surface area (Å²) in [5, 5.41) is 7.98. The zero-order chi connectivity index (χ0) is 18.8. The fourth-order valence-electron chi connectivity index (χ4n) is 4.28. The van der Waals surface area contributed by atoms with Crippen LogP contribution in [0, 0.1) is 12.8 Å². The van der Waals surface area contributed by atoms with E-state index in [0.29, 0.717) is 11.9 Å². The fourth-order valence-corrected chi connectivity index (χ4v) is 5.04. The summed E-state index contributed by atoms with van der Waals surface area (Å²) in [6.07, 6.45) is 6.66. The Morgan fingerprint density at radius 2 is 2.00 bits per heavy atom. The van der Waals surface area contributed by atoms with Gasteiger partial charge in [-0.3, -0.25) is 14.4 Å². The second kappa shape index (κ2) is 8.10. The lowest BCUT2D eigenvalue weighted by molar-refractivity contribution is -0.125. The van der Waals surface area contributed by atoms with Gasteiger partial charge in [-0.1, -0.05) is 12.8 Å². The van der Waals surface area contributed by atoms with Crippen molar-refractivity contribution in [3.8, 4) is 10.6 Å². The Bertz CT molecular complexity index is 784. The number of nitrogens with one attached hydrogen (secondary N) is 1. The number of aryl methyl sites for hydroxylation is 2. The largest absolute Gasteiger partial charge is 0.353 e. The van der Waals surface area contributed by atoms with Crippen LogP contribution in [0.2, 0.25) is 0 Å². The lowest BCUT2D eigenvalue weighted by Crippen LogP contribution is -2.45. The van der Waals surface area contributed by atoms with Crippen molar-refractivity contribution in [2.75, 3.05) is 13.1 Å². The van der Waals surface area contributed by atoms with Crippen LogP contribution in [0.5, 0.6) is 0 Å². The summed E-state index contributed by atoms with van der Waals surface area (Å²) in [7, 11) is 2.02. The number of hydrogen-bond acceptors (Lipinski definition) is 5. The third-order valence-electron chi connectivity index (χ3n) is 6.00. The number of hydrogen-bond donors (Lipinski definition) is 1. The van der Waals surface area contributed by atoms with Gasteiger partial charge in [-0.15, -0.1) is 11.3 Å². The van der Waals surface area contributed by atoms with Crippen molar-refractivity contribution in [3.05, 3.63) is 23.0 Å². The van der Waals surface area contributed by atoms with Crippen molar-refractivity contribution >= 4 is 17.2 Å². The van der Waals surface area contributed by atoms with E-state index in [1.165, 1.54) is 18.5 Å². The van der Waals surface area contributed by atoms with Gasteiger partial charge in [-0.05, 0) is 38.7 Å². The third-order valence-corrected chi connectivity index (χ3v) is 6.95. The third kappa shape index (κ3) is 4.24. The lowest BCUT2D eigenvalue weighted by atomic mass is 10.0. The van der Waals surface area contributed by atoms with Gasteiger partial charge in [0.05, 0.1) is 21.8 Å². The van der Waals surface area contributed by atoms with E-state index in [4.69, 9.17) is 0 Å². The normalized spacial score (nSPS) is 19.6. The summed E-state index contributed by atoms with van der Waals surface area (Å²) in [5.41, 5.74) is 5.17. The van der Waals surface area contributed by atoms with Gasteiger partial charge in [0.1, 0.15) is 5.69 Å². The average Bonchev–Trinajstić information content (AvgIpc) is 3.39. The number of thiazole rings is 1. The fraction of sp³-hybridized carbons (Fsp3) is 0.650. The Morgan fingerprint density at radius 1 is 1.26 bits per heavy atom. The summed E-state index contributed by atoms with van der Waals surface area (Å²) in [6.45, 7) is 4.99. The van der Waals surface area contributed by atoms with Crippen LogP contribution in [0.1, 0.15) is 49.9 Å². The predicted octanol–water partition coefficient (Wildman–Crippen LogP) is 3.12. The van der Waals surface area contributed by atoms with E-state index in [1.54, 1.807) is 11.3 Å². The van der Waals surface area contributed by atoms with Gasteiger partial charge < -0.3 is 5.32 Å². The Labute approximate surface area is 165 Å². The Morgan fingerprint density at radius 3 is 2.67 bits per heavy atom. The summed E-state index contributed by atoms with van der Waals surface area (Å²) in [6, 6.07) is 2.53. The number of amides is 1. The zero-order valence-electron chi connectivity index (χ0n) is 16.3. The Hall–Kier alpha value is -1.73. The summed E-state index contributed by atoms with van der Waals surface area (Å²) in [5.74, 6) is 0.563. The molecule has 2 aliphatic rings. The van der Waals surface area contributed by atoms with E-state index in [2.05, 4.69) is 26.4 Å². The molecule has 0 radical (unpaired) electrons. The quantitative estimate of drug-likeness (QED) is 0.856. The van der Waals surface area contributed by atoms with Gasteiger partial charge in [0, 0.05) is 38.6 Å². The van der Waals surface area contributed by atoms with E-state index in [0.717, 1.165) is 61.6 Å². The molecular weight excluding hydrogens is 358 g/mol. The molecule has 0 bridgehead atoms. The molecule has 4 rings (SSSR count). The molecule has 1 aliphatic carbocycles. The van der Waals surface area contributed by atoms with Crippen LogP contribution in [0.4, 0.5) is 0 Å². The molecule has 0 spiro atoms. The average molecular weight is 388 g/mol. The second-order valence-corrected chi connectivity index (χ2v) is 8.81. The van der Waals surface area contributed by atoms with Crippen LogP contribution in [-0.4, -0.2) is 44.7 Å². The highest BCUT2D eigenvalue weighted by atomic mass is 32.1. The molecular formula is C20H29N5OS. The molecule has 27 heavy (non-hydrogen) atoms. The van der Waals surface area contributed by atoms with Gasteiger partial charge >= 0.3 is 0 Å². The van der Waals surface area contributed by atoms with Crippen LogP contribution >= 0.6 is 11.3 Å². The van der Waals surface area contributed by atoms with E-state index < -0.39 is 0 Å². The van der Waals surface area contributed by atoms with E-state index in [-0.39, 0.29) is 5.92 Å². The van der Waals surface area contributed by atoms with Crippen LogP contribution < -0.4 is 5.32 Å². The van der Waals surface area contributed by atoms with Crippen molar-refractivity contribution in [1.29, 1.82) is 0 Å². The van der Waals surface area contributed by atoms with Crippen LogP contribution in [-0.2, 0) is 18.4 Å². The Kier molecular flexibility index (Phi) is 5.59. The number of rotatable bonds is 5. The number of nitrogens with zero attached hydrogens (tertiary/aromatic N) is 4. The van der Waals surface area contributed by atoms with Crippen molar-refractivity contribution < 1.29 is 4.79 Å². The number of carbonyl (C=O) groups is 1. The minimum atomic E-state index is 0.270. The first-order chi connectivity index (χ1) is 13.1. The highest BCUT2D eigenvalue weighted by molar-refractivity contribution is 7.13. The van der Waals surface area contributed by atoms with E-state index in [1.807, 2.05) is 24.2 Å². The number of likely N-dealkylation sites (tertiary alicyclic amines) is 1. The maximum atomic E-state index is 12.3. The topological polar surface area (TPSA) is 63.1 Å². The molecule has 1 saturated heterocycles. The first kappa shape index (κ1) is 18.6. The number of piperidine rings is 1. The molecule has 0 atom stereocenters. The molecule has 0 aromatic carbocycles. The van der Waals surface area contributed by atoms with Gasteiger partial charge in [0.15, 0.2) is 0 Å². The first-order valence-corrected chi connectivity index (χ1v) is 10.9. The number of carbonyl (C=O) groups excluding carboxylic acids is 1. The Balaban J connectivity index is 1.30. The molecule has 146 valence electrons. The first-order valence-electron chi connectivity index (χ1n) is 10.1. The highest BCUT2D eigenvalue weighted by Crippen LogP contribution is 2.27. The van der Waals surface area contributed by atoms with E-state index in [9.17, 15) is 4.79 Å². The van der Waals surface area contributed by atoms with Crippen molar-refractivity contribution in [1.82, 2.24) is 25.0 Å². The molecule has 1 N–H and O–H groups in total. The van der Waals surface area contributed by atoms with Crippen LogP contribution in [0.15, 0.2) is 11.6 Å². The van der Waals surface area contributed by atoms with Crippen LogP contribution in [0.25, 0.3) is 10.6 Å². The van der Waals surface area contributed by atoms with E-state index >= 15 is 0 Å². The molecule has 2 aromatic heterocycles. The zero-order valence-corrected chi connectivity index (χ0v) is 17.1. The molecule has 1 aliphatic heterocycles. The van der Waals surface area contributed by atoms with Gasteiger partial charge in [0.2, 0.25) is 5.91 Å². The monoisotopic (exact) mass is 387 g/mol. The van der Waals surface area contributed by atoms with Crippen molar-refractivity contribution in [3.63, 3.8) is 0 Å². The van der Waals surface area contributed by atoms with Crippen LogP contribution in [0.3, 0.4) is 0 Å². The standard InChI is InChI=1S/C20H29N5OS/c1-14-19(27-13-21-14)18-11-17(24(2)23-18)12-25-9-7-16(8-10-25)22-20(26)15-5-3-4-6-15/h11,13,15-16H,3-10,12H2,1-2H3,(H,22,26). The molecule has 6 nitrogen and oxygen atoms in total. The lowest BCUT2D eigenvalue weighted by Gasteiger charge is -2.32. The highest BCUT2D eigenvalue weighted by Gasteiger charge is 2.27. The second-order valence-electron chi connectivity index (χ2n) is 7.95. The maximum Gasteiger partial charge on any atom is 0.223 e. The smallest absolute Gasteiger partial charge is 0.223 e. The molecule has 3 heterocycles. The van der Waals surface area contributed by atoms with Crippen molar-refractivity contribution in [2.24, 2.45) is 13.0 Å². The number of aromatic nitrogens is 3. The minimum absolute atomic E-state index is 0.270. The van der Waals surface area contributed by atoms with Gasteiger partial charge in [-0.2, -0.15) is 5.10 Å². The molecule has 2 fully saturated rings. The molecule has 1 saturated carbocycles. The molecule has 7 heteroatoms. The van der Waals surface area contributed by atoms with Gasteiger partial charge in [0.25, 0.3) is 0 Å². The molecule has 0 unspecified atom stereocenters. The van der Waals surface area contributed by atoms with Gasteiger partial charge in [-0.25, -0.2) is 4.98 Å². The SMILES string of the molecule is Cc1ncsc1-c1cc(CN2CCC(NC(=O)C3CCCC3)CC2)n(C)n1. The summed E-state index contributed by atoms with van der Waals surface area (Å²) >= 11 is 1.65. The van der Waals surface area contributed by atoms with Crippen molar-refractivity contribution in [2.45, 2.75) is 58.0 Å². The summed E-state index contributed by atoms with van der Waals surface area (Å²) < 4.78 is 1.99. The summed E-state index contributed by atoms with van der Waals surface area (Å²) in [4.78, 5) is 20.3. The molecule has 2 aromatic rings. The minimum Gasteiger partial charge on any atom is -0.353 e. The predicted molar refractivity (Wildman–Crippen MR) is 107 cm³/mol. The molecule has 1 amide bonds.